The average molecular weight is 272 g/mol. The summed E-state index contributed by atoms with van der Waals surface area (Å²) >= 11 is 5.95. The van der Waals surface area contributed by atoms with E-state index < -0.39 is 0 Å². The zero-order valence-electron chi connectivity index (χ0n) is 11.5. The zero-order chi connectivity index (χ0) is 13.5. The SMILES string of the molecule is COCc1nc(Cl)cc(NC(C)CCC(C)C)n1. The number of hydrogen-bond acceptors (Lipinski definition) is 4. The van der Waals surface area contributed by atoms with Crippen LogP contribution >= 0.6 is 11.6 Å². The number of nitrogens with zero attached hydrogens (tertiary/aromatic N) is 2. The minimum absolute atomic E-state index is 0.369. The van der Waals surface area contributed by atoms with Gasteiger partial charge in [-0.05, 0) is 25.7 Å². The van der Waals surface area contributed by atoms with Crippen LogP contribution in [0.1, 0.15) is 39.4 Å². The van der Waals surface area contributed by atoms with Gasteiger partial charge in [-0.25, -0.2) is 9.97 Å². The Bertz CT molecular complexity index is 371. The number of aromatic nitrogens is 2. The average Bonchev–Trinajstić information content (AvgIpc) is 2.26. The first-order valence-electron chi connectivity index (χ1n) is 6.30. The molecular weight excluding hydrogens is 250 g/mol. The first-order valence-corrected chi connectivity index (χ1v) is 6.68. The van der Waals surface area contributed by atoms with E-state index in [1.807, 2.05) is 0 Å². The lowest BCUT2D eigenvalue weighted by molar-refractivity contribution is 0.178. The van der Waals surface area contributed by atoms with E-state index >= 15 is 0 Å². The maximum absolute atomic E-state index is 5.95. The normalized spacial score (nSPS) is 12.8. The van der Waals surface area contributed by atoms with Gasteiger partial charge in [0, 0.05) is 19.2 Å². The molecule has 5 heteroatoms. The summed E-state index contributed by atoms with van der Waals surface area (Å²) in [6.45, 7) is 6.97. The molecule has 0 amide bonds. The molecule has 1 unspecified atom stereocenters. The number of anilines is 1. The van der Waals surface area contributed by atoms with Crippen molar-refractivity contribution < 1.29 is 4.74 Å². The molecule has 0 spiro atoms. The summed E-state index contributed by atoms with van der Waals surface area (Å²) in [6.07, 6.45) is 2.30. The third-order valence-corrected chi connectivity index (χ3v) is 2.78. The molecule has 1 aromatic heterocycles. The molecule has 1 aromatic rings. The number of hydrogen-bond donors (Lipinski definition) is 1. The molecule has 0 saturated heterocycles. The molecule has 0 bridgehead atoms. The maximum Gasteiger partial charge on any atom is 0.158 e. The summed E-state index contributed by atoms with van der Waals surface area (Å²) in [4.78, 5) is 8.45. The Balaban J connectivity index is 2.60. The van der Waals surface area contributed by atoms with Crippen LogP contribution in [0.25, 0.3) is 0 Å². The van der Waals surface area contributed by atoms with E-state index in [1.54, 1.807) is 13.2 Å². The van der Waals surface area contributed by atoms with Crippen LogP contribution < -0.4 is 5.32 Å². The number of ether oxygens (including phenoxy) is 1. The van der Waals surface area contributed by atoms with Gasteiger partial charge in [0.2, 0.25) is 0 Å². The summed E-state index contributed by atoms with van der Waals surface area (Å²) in [5, 5.41) is 3.79. The molecule has 0 aliphatic carbocycles. The van der Waals surface area contributed by atoms with Crippen LogP contribution in [0.3, 0.4) is 0 Å². The Hall–Kier alpha value is -0.870. The largest absolute Gasteiger partial charge is 0.377 e. The fourth-order valence-electron chi connectivity index (χ4n) is 1.64. The van der Waals surface area contributed by atoms with Crippen LogP contribution in [0.2, 0.25) is 5.15 Å². The quantitative estimate of drug-likeness (QED) is 0.771. The molecule has 1 heterocycles. The third-order valence-electron chi connectivity index (χ3n) is 2.59. The van der Waals surface area contributed by atoms with Crippen LogP contribution in [0.15, 0.2) is 6.07 Å². The van der Waals surface area contributed by atoms with Gasteiger partial charge in [0.15, 0.2) is 5.82 Å². The van der Waals surface area contributed by atoms with Crippen molar-refractivity contribution in [2.75, 3.05) is 12.4 Å². The second-order valence-electron chi connectivity index (χ2n) is 4.94. The van der Waals surface area contributed by atoms with E-state index in [0.29, 0.717) is 29.5 Å². The fraction of sp³-hybridized carbons (Fsp3) is 0.692. The molecule has 1 rings (SSSR count). The fourth-order valence-corrected chi connectivity index (χ4v) is 1.84. The standard InChI is InChI=1S/C13H22ClN3O/c1-9(2)5-6-10(3)15-12-7-11(14)16-13(17-12)8-18-4/h7,9-10H,5-6,8H2,1-4H3,(H,15,16,17). The smallest absolute Gasteiger partial charge is 0.158 e. The number of halogens is 1. The van der Waals surface area contributed by atoms with Gasteiger partial charge in [-0.15, -0.1) is 0 Å². The minimum atomic E-state index is 0.369. The lowest BCUT2D eigenvalue weighted by atomic mass is 10.0. The minimum Gasteiger partial charge on any atom is -0.377 e. The second-order valence-corrected chi connectivity index (χ2v) is 5.33. The highest BCUT2D eigenvalue weighted by Crippen LogP contribution is 2.15. The summed E-state index contributed by atoms with van der Waals surface area (Å²) in [6, 6.07) is 2.11. The molecule has 4 nitrogen and oxygen atoms in total. The number of nitrogens with one attached hydrogen (secondary N) is 1. The van der Waals surface area contributed by atoms with Crippen molar-refractivity contribution in [1.82, 2.24) is 9.97 Å². The summed E-state index contributed by atoms with van der Waals surface area (Å²) in [7, 11) is 1.61. The predicted octanol–water partition coefficient (Wildman–Crippen LogP) is 3.51. The molecule has 0 aliphatic heterocycles. The van der Waals surface area contributed by atoms with Crippen LogP contribution in [-0.4, -0.2) is 23.1 Å². The van der Waals surface area contributed by atoms with E-state index in [4.69, 9.17) is 16.3 Å². The molecule has 0 aliphatic rings. The van der Waals surface area contributed by atoms with Crippen molar-refractivity contribution in [2.24, 2.45) is 5.92 Å². The van der Waals surface area contributed by atoms with E-state index in [2.05, 4.69) is 36.1 Å². The Morgan fingerprint density at radius 1 is 1.28 bits per heavy atom. The molecule has 102 valence electrons. The van der Waals surface area contributed by atoms with Crippen molar-refractivity contribution in [3.8, 4) is 0 Å². The molecule has 0 aromatic carbocycles. The van der Waals surface area contributed by atoms with Crippen LogP contribution in [-0.2, 0) is 11.3 Å². The van der Waals surface area contributed by atoms with Gasteiger partial charge in [0.25, 0.3) is 0 Å². The first-order chi connectivity index (χ1) is 8.51. The number of rotatable bonds is 7. The summed E-state index contributed by atoms with van der Waals surface area (Å²) in [5.41, 5.74) is 0. The molecule has 1 atom stereocenters. The van der Waals surface area contributed by atoms with Gasteiger partial charge in [0.05, 0.1) is 0 Å². The van der Waals surface area contributed by atoms with Crippen LogP contribution in [0.5, 0.6) is 0 Å². The lowest BCUT2D eigenvalue weighted by Crippen LogP contribution is -2.17. The highest BCUT2D eigenvalue weighted by molar-refractivity contribution is 6.29. The summed E-state index contributed by atoms with van der Waals surface area (Å²) in [5.74, 6) is 2.08. The van der Waals surface area contributed by atoms with Crippen molar-refractivity contribution in [1.29, 1.82) is 0 Å². The summed E-state index contributed by atoms with van der Waals surface area (Å²) < 4.78 is 5.01. The maximum atomic E-state index is 5.95. The zero-order valence-corrected chi connectivity index (χ0v) is 12.3. The van der Waals surface area contributed by atoms with E-state index in [1.165, 1.54) is 6.42 Å². The molecule has 0 fully saturated rings. The molecule has 18 heavy (non-hydrogen) atoms. The van der Waals surface area contributed by atoms with Crippen molar-refractivity contribution in [3.05, 3.63) is 17.0 Å². The Morgan fingerprint density at radius 2 is 2.00 bits per heavy atom. The highest BCUT2D eigenvalue weighted by Gasteiger charge is 2.07. The Morgan fingerprint density at radius 3 is 2.61 bits per heavy atom. The van der Waals surface area contributed by atoms with E-state index in [0.717, 1.165) is 12.2 Å². The Kier molecular flexibility index (Phi) is 6.36. The van der Waals surface area contributed by atoms with Gasteiger partial charge in [0.1, 0.15) is 17.6 Å². The van der Waals surface area contributed by atoms with Gasteiger partial charge >= 0.3 is 0 Å². The number of methoxy groups -OCH3 is 1. The van der Waals surface area contributed by atoms with Gasteiger partial charge < -0.3 is 10.1 Å². The topological polar surface area (TPSA) is 47.0 Å². The van der Waals surface area contributed by atoms with Crippen LogP contribution in [0.4, 0.5) is 5.82 Å². The van der Waals surface area contributed by atoms with Crippen molar-refractivity contribution >= 4 is 17.4 Å². The van der Waals surface area contributed by atoms with Crippen molar-refractivity contribution in [2.45, 2.75) is 46.3 Å². The Labute approximate surface area is 114 Å². The third kappa shape index (κ3) is 5.65. The molecular formula is C13H22ClN3O. The lowest BCUT2D eigenvalue weighted by Gasteiger charge is -2.16. The van der Waals surface area contributed by atoms with Gasteiger partial charge in [-0.2, -0.15) is 0 Å². The highest BCUT2D eigenvalue weighted by atomic mass is 35.5. The van der Waals surface area contributed by atoms with E-state index in [9.17, 15) is 0 Å². The van der Waals surface area contributed by atoms with E-state index in [-0.39, 0.29) is 0 Å². The van der Waals surface area contributed by atoms with Crippen LogP contribution in [0, 0.1) is 5.92 Å². The molecule has 0 saturated carbocycles. The van der Waals surface area contributed by atoms with Gasteiger partial charge in [-0.3, -0.25) is 0 Å². The second kappa shape index (κ2) is 7.54. The van der Waals surface area contributed by atoms with Gasteiger partial charge in [-0.1, -0.05) is 25.4 Å². The molecule has 0 radical (unpaired) electrons. The van der Waals surface area contributed by atoms with Crippen molar-refractivity contribution in [3.63, 3.8) is 0 Å². The monoisotopic (exact) mass is 271 g/mol. The molecule has 1 N–H and O–H groups in total. The predicted molar refractivity (Wildman–Crippen MR) is 74.9 cm³/mol. The first kappa shape index (κ1) is 15.2.